The topological polar surface area (TPSA) is 70.2 Å². The molecule has 2 N–H and O–H groups in total. The molecule has 1 aromatic rings. The summed E-state index contributed by atoms with van der Waals surface area (Å²) in [5.74, 6) is 1.07. The van der Waals surface area contributed by atoms with Crippen molar-refractivity contribution in [2.24, 2.45) is 5.92 Å². The maximum absolute atomic E-state index is 11.8. The number of nitrogens with one attached hydrogen (secondary N) is 2. The van der Waals surface area contributed by atoms with Crippen LogP contribution in [0.4, 0.5) is 5.95 Å². The molecule has 1 amide bonds. The van der Waals surface area contributed by atoms with Crippen molar-refractivity contribution in [3.8, 4) is 0 Å². The molecule has 0 unspecified atom stereocenters. The third kappa shape index (κ3) is 6.47. The lowest BCUT2D eigenvalue weighted by atomic mass is 10.1. The molecule has 1 aromatic heterocycles. The SMILES string of the molecule is CC(C)CCNc1ncc(C(=O)NCCN(C)C)cn1. The summed E-state index contributed by atoms with van der Waals surface area (Å²) >= 11 is 0. The van der Waals surface area contributed by atoms with E-state index in [-0.39, 0.29) is 5.91 Å². The van der Waals surface area contributed by atoms with Crippen LogP contribution in [-0.4, -0.2) is 54.5 Å². The number of anilines is 1. The highest BCUT2D eigenvalue weighted by Gasteiger charge is 2.06. The molecule has 0 aliphatic carbocycles. The van der Waals surface area contributed by atoms with Crippen LogP contribution in [0.5, 0.6) is 0 Å². The summed E-state index contributed by atoms with van der Waals surface area (Å²) in [4.78, 5) is 22.1. The van der Waals surface area contributed by atoms with Gasteiger partial charge >= 0.3 is 0 Å². The van der Waals surface area contributed by atoms with Crippen molar-refractivity contribution >= 4 is 11.9 Å². The molecule has 0 aliphatic heterocycles. The molecule has 0 bridgehead atoms. The van der Waals surface area contributed by atoms with Crippen LogP contribution in [0.2, 0.25) is 0 Å². The van der Waals surface area contributed by atoms with Gasteiger partial charge in [0.15, 0.2) is 0 Å². The lowest BCUT2D eigenvalue weighted by molar-refractivity contribution is 0.0950. The molecular formula is C14H25N5O. The smallest absolute Gasteiger partial charge is 0.254 e. The summed E-state index contributed by atoms with van der Waals surface area (Å²) in [7, 11) is 3.93. The van der Waals surface area contributed by atoms with E-state index in [2.05, 4.69) is 34.4 Å². The zero-order valence-electron chi connectivity index (χ0n) is 12.8. The lowest BCUT2D eigenvalue weighted by Gasteiger charge is -2.10. The van der Waals surface area contributed by atoms with E-state index in [1.165, 1.54) is 0 Å². The van der Waals surface area contributed by atoms with Gasteiger partial charge in [0, 0.05) is 32.0 Å². The van der Waals surface area contributed by atoms with Crippen LogP contribution in [0.25, 0.3) is 0 Å². The standard InChI is InChI=1S/C14H25N5O/c1-11(2)5-6-16-14-17-9-12(10-18-14)13(20)15-7-8-19(3)4/h9-11H,5-8H2,1-4H3,(H,15,20)(H,16,17,18). The first-order valence-electron chi connectivity index (χ1n) is 6.98. The molecule has 112 valence electrons. The number of aromatic nitrogens is 2. The fraction of sp³-hybridized carbons (Fsp3) is 0.643. The minimum Gasteiger partial charge on any atom is -0.354 e. The van der Waals surface area contributed by atoms with Crippen molar-refractivity contribution in [2.45, 2.75) is 20.3 Å². The van der Waals surface area contributed by atoms with Gasteiger partial charge in [0.2, 0.25) is 5.95 Å². The number of rotatable bonds is 8. The molecule has 0 aromatic carbocycles. The number of carbonyl (C=O) groups excluding carboxylic acids is 1. The zero-order valence-corrected chi connectivity index (χ0v) is 12.8. The molecular weight excluding hydrogens is 254 g/mol. The van der Waals surface area contributed by atoms with E-state index in [0.29, 0.717) is 24.0 Å². The largest absolute Gasteiger partial charge is 0.354 e. The summed E-state index contributed by atoms with van der Waals surface area (Å²) in [6, 6.07) is 0. The summed E-state index contributed by atoms with van der Waals surface area (Å²) in [5.41, 5.74) is 0.484. The average molecular weight is 279 g/mol. The molecule has 0 spiro atoms. The highest BCUT2D eigenvalue weighted by Crippen LogP contribution is 2.03. The second kappa shape index (κ2) is 8.47. The van der Waals surface area contributed by atoms with E-state index < -0.39 is 0 Å². The third-order valence-corrected chi connectivity index (χ3v) is 2.76. The molecule has 0 saturated carbocycles. The van der Waals surface area contributed by atoms with E-state index in [0.717, 1.165) is 19.5 Å². The van der Waals surface area contributed by atoms with Crippen LogP contribution < -0.4 is 10.6 Å². The predicted octanol–water partition coefficient (Wildman–Crippen LogP) is 1.23. The molecule has 0 aliphatic rings. The summed E-state index contributed by atoms with van der Waals surface area (Å²) < 4.78 is 0. The van der Waals surface area contributed by atoms with Gasteiger partial charge in [0.1, 0.15) is 0 Å². The van der Waals surface area contributed by atoms with Crippen LogP contribution in [0.1, 0.15) is 30.6 Å². The monoisotopic (exact) mass is 279 g/mol. The summed E-state index contributed by atoms with van der Waals surface area (Å²) in [6.07, 6.45) is 4.17. The first-order chi connectivity index (χ1) is 9.49. The molecule has 0 atom stereocenters. The third-order valence-electron chi connectivity index (χ3n) is 2.76. The molecule has 1 rings (SSSR count). The van der Waals surface area contributed by atoms with Crippen LogP contribution in [-0.2, 0) is 0 Å². The normalized spacial score (nSPS) is 10.9. The van der Waals surface area contributed by atoms with Gasteiger partial charge in [0.25, 0.3) is 5.91 Å². The van der Waals surface area contributed by atoms with Gasteiger partial charge in [0.05, 0.1) is 5.56 Å². The minimum absolute atomic E-state index is 0.138. The van der Waals surface area contributed by atoms with Gasteiger partial charge in [-0.3, -0.25) is 4.79 Å². The zero-order chi connectivity index (χ0) is 15.0. The number of likely N-dealkylation sites (N-methyl/N-ethyl adjacent to an activating group) is 1. The van der Waals surface area contributed by atoms with Crippen molar-refractivity contribution in [3.05, 3.63) is 18.0 Å². The molecule has 20 heavy (non-hydrogen) atoms. The van der Waals surface area contributed by atoms with Crippen LogP contribution in [0.15, 0.2) is 12.4 Å². The van der Waals surface area contributed by atoms with Crippen LogP contribution in [0.3, 0.4) is 0 Å². The highest BCUT2D eigenvalue weighted by molar-refractivity contribution is 5.93. The van der Waals surface area contributed by atoms with Gasteiger partial charge in [-0.2, -0.15) is 0 Å². The van der Waals surface area contributed by atoms with E-state index in [1.807, 2.05) is 19.0 Å². The van der Waals surface area contributed by atoms with Gasteiger partial charge in [-0.25, -0.2) is 9.97 Å². The maximum atomic E-state index is 11.8. The van der Waals surface area contributed by atoms with Gasteiger partial charge in [-0.1, -0.05) is 13.8 Å². The van der Waals surface area contributed by atoms with Gasteiger partial charge < -0.3 is 15.5 Å². The summed E-state index contributed by atoms with van der Waals surface area (Å²) in [5, 5.41) is 5.97. The van der Waals surface area contributed by atoms with E-state index in [1.54, 1.807) is 12.4 Å². The summed E-state index contributed by atoms with van der Waals surface area (Å²) in [6.45, 7) is 6.60. The second-order valence-corrected chi connectivity index (χ2v) is 5.46. The second-order valence-electron chi connectivity index (χ2n) is 5.46. The van der Waals surface area contributed by atoms with Crippen molar-refractivity contribution in [3.63, 3.8) is 0 Å². The Labute approximate surface area is 121 Å². The molecule has 1 heterocycles. The van der Waals surface area contributed by atoms with E-state index in [9.17, 15) is 4.79 Å². The molecule has 6 nitrogen and oxygen atoms in total. The van der Waals surface area contributed by atoms with Gasteiger partial charge in [-0.05, 0) is 26.4 Å². The number of hydrogen-bond acceptors (Lipinski definition) is 5. The Bertz CT molecular complexity index is 403. The fourth-order valence-corrected chi connectivity index (χ4v) is 1.50. The van der Waals surface area contributed by atoms with E-state index >= 15 is 0 Å². The Hall–Kier alpha value is -1.69. The van der Waals surface area contributed by atoms with E-state index in [4.69, 9.17) is 0 Å². The van der Waals surface area contributed by atoms with Crippen molar-refractivity contribution in [2.75, 3.05) is 39.0 Å². The van der Waals surface area contributed by atoms with Crippen LogP contribution in [0, 0.1) is 5.92 Å². The Balaban J connectivity index is 2.39. The van der Waals surface area contributed by atoms with Crippen molar-refractivity contribution in [1.29, 1.82) is 0 Å². The average Bonchev–Trinajstić information content (AvgIpc) is 2.38. The number of nitrogens with zero attached hydrogens (tertiary/aromatic N) is 3. The number of carbonyl (C=O) groups is 1. The number of amides is 1. The predicted molar refractivity (Wildman–Crippen MR) is 80.9 cm³/mol. The Morgan fingerprint density at radius 3 is 2.45 bits per heavy atom. The highest BCUT2D eigenvalue weighted by atomic mass is 16.1. The van der Waals surface area contributed by atoms with Crippen molar-refractivity contribution < 1.29 is 4.79 Å². The minimum atomic E-state index is -0.138. The maximum Gasteiger partial charge on any atom is 0.254 e. The Morgan fingerprint density at radius 2 is 1.90 bits per heavy atom. The fourth-order valence-electron chi connectivity index (χ4n) is 1.50. The first kappa shape index (κ1) is 16.4. The van der Waals surface area contributed by atoms with Crippen molar-refractivity contribution in [1.82, 2.24) is 20.2 Å². The first-order valence-corrected chi connectivity index (χ1v) is 6.98. The lowest BCUT2D eigenvalue weighted by Crippen LogP contribution is -2.31. The van der Waals surface area contributed by atoms with Gasteiger partial charge in [-0.15, -0.1) is 0 Å². The molecule has 6 heteroatoms. The Kier molecular flexibility index (Phi) is 6.93. The quantitative estimate of drug-likeness (QED) is 0.749. The molecule has 0 radical (unpaired) electrons. The number of hydrogen-bond donors (Lipinski definition) is 2. The molecule has 0 saturated heterocycles. The molecule has 0 fully saturated rings. The van der Waals surface area contributed by atoms with Crippen LogP contribution >= 0.6 is 0 Å². The Morgan fingerprint density at radius 1 is 1.25 bits per heavy atom.